The van der Waals surface area contributed by atoms with Gasteiger partial charge >= 0.3 is 0 Å². The molecule has 3 nitrogen and oxygen atoms in total. The lowest BCUT2D eigenvalue weighted by atomic mass is 9.56. The summed E-state index contributed by atoms with van der Waals surface area (Å²) in [5, 5.41) is 3.56. The van der Waals surface area contributed by atoms with E-state index < -0.39 is 0 Å². The Morgan fingerprint density at radius 3 is 3.00 bits per heavy atom. The summed E-state index contributed by atoms with van der Waals surface area (Å²) in [5.41, 5.74) is 2.34. The monoisotopic (exact) mass is 258 g/mol. The van der Waals surface area contributed by atoms with Crippen LogP contribution in [0.5, 0.6) is 0 Å². The summed E-state index contributed by atoms with van der Waals surface area (Å²) in [4.78, 5) is 14.6. The topological polar surface area (TPSA) is 44.9 Å². The Hall–Kier alpha value is -1.35. The van der Waals surface area contributed by atoms with Crippen LogP contribution in [0.4, 0.5) is 0 Å². The summed E-state index contributed by atoms with van der Waals surface area (Å²) in [6, 6.07) is 3.66. The lowest BCUT2D eigenvalue weighted by Crippen LogP contribution is -2.56. The van der Waals surface area contributed by atoms with Gasteiger partial charge in [0.2, 0.25) is 5.56 Å². The van der Waals surface area contributed by atoms with Crippen molar-refractivity contribution in [3.63, 3.8) is 0 Å². The highest BCUT2D eigenvalue weighted by atomic mass is 16.1. The van der Waals surface area contributed by atoms with E-state index >= 15 is 0 Å². The van der Waals surface area contributed by atoms with E-state index in [1.807, 2.05) is 13.1 Å². The minimum atomic E-state index is -0.0537. The van der Waals surface area contributed by atoms with Gasteiger partial charge in [0.1, 0.15) is 0 Å². The van der Waals surface area contributed by atoms with Crippen LogP contribution in [0.15, 0.2) is 29.6 Å². The summed E-state index contributed by atoms with van der Waals surface area (Å²) in [6.45, 7) is 6.39. The molecule has 3 heteroatoms. The molecule has 1 aromatic heterocycles. The third kappa shape index (κ3) is 1.71. The zero-order valence-electron chi connectivity index (χ0n) is 11.7. The Morgan fingerprint density at radius 2 is 2.32 bits per heavy atom. The first-order chi connectivity index (χ1) is 9.10. The zero-order valence-corrected chi connectivity index (χ0v) is 11.7. The fourth-order valence-corrected chi connectivity index (χ4v) is 4.49. The smallest absolute Gasteiger partial charge is 0.248 e. The maximum absolute atomic E-state index is 11.6. The molecule has 2 aliphatic rings. The first kappa shape index (κ1) is 12.7. The van der Waals surface area contributed by atoms with Gasteiger partial charge in [-0.2, -0.15) is 0 Å². The minimum absolute atomic E-state index is 0.00757. The maximum atomic E-state index is 11.6. The van der Waals surface area contributed by atoms with Gasteiger partial charge in [0.05, 0.1) is 5.54 Å². The first-order valence-corrected chi connectivity index (χ1v) is 7.15. The van der Waals surface area contributed by atoms with E-state index in [1.54, 1.807) is 6.07 Å². The predicted molar refractivity (Wildman–Crippen MR) is 77.1 cm³/mol. The standard InChI is InChI=1S/C16H22N2O/c1-4-12-11-7-10(2)9-16(12,17-3)13-5-6-15(19)18-14(13)8-11/h4-6,10-12,17H,1,7-9H2,2-3H3,(H,18,19)/t10-,11+,12-,16-/m1/s1. The second-order valence-electron chi connectivity index (χ2n) is 6.21. The summed E-state index contributed by atoms with van der Waals surface area (Å²) in [6.07, 6.45) is 5.41. The van der Waals surface area contributed by atoms with Gasteiger partial charge in [0, 0.05) is 17.7 Å². The molecule has 19 heavy (non-hydrogen) atoms. The van der Waals surface area contributed by atoms with Crippen molar-refractivity contribution in [2.75, 3.05) is 7.05 Å². The molecule has 0 aliphatic heterocycles. The Morgan fingerprint density at radius 1 is 1.53 bits per heavy atom. The molecule has 0 aromatic carbocycles. The molecule has 1 saturated carbocycles. The second kappa shape index (κ2) is 4.34. The number of aromatic nitrogens is 1. The van der Waals surface area contributed by atoms with Crippen LogP contribution in [0, 0.1) is 17.8 Å². The van der Waals surface area contributed by atoms with Crippen molar-refractivity contribution in [2.24, 2.45) is 17.8 Å². The van der Waals surface area contributed by atoms with Crippen molar-refractivity contribution in [1.29, 1.82) is 0 Å². The summed E-state index contributed by atoms with van der Waals surface area (Å²) in [5.74, 6) is 1.74. The molecule has 3 rings (SSSR count). The van der Waals surface area contributed by atoms with Gasteiger partial charge in [-0.3, -0.25) is 4.79 Å². The molecule has 2 bridgehead atoms. The van der Waals surface area contributed by atoms with Gasteiger partial charge in [-0.25, -0.2) is 0 Å². The van der Waals surface area contributed by atoms with Crippen molar-refractivity contribution < 1.29 is 0 Å². The molecular formula is C16H22N2O. The third-order valence-corrected chi connectivity index (χ3v) is 5.10. The maximum Gasteiger partial charge on any atom is 0.248 e. The average Bonchev–Trinajstić information content (AvgIpc) is 2.37. The van der Waals surface area contributed by atoms with E-state index in [2.05, 4.69) is 29.9 Å². The normalized spacial score (nSPS) is 36.6. The van der Waals surface area contributed by atoms with Crippen LogP contribution >= 0.6 is 0 Å². The molecule has 1 fully saturated rings. The molecule has 2 aliphatic carbocycles. The van der Waals surface area contributed by atoms with Gasteiger partial charge in [-0.05, 0) is 49.8 Å². The number of aromatic amines is 1. The van der Waals surface area contributed by atoms with E-state index in [-0.39, 0.29) is 11.1 Å². The number of nitrogens with one attached hydrogen (secondary N) is 2. The van der Waals surface area contributed by atoms with Crippen molar-refractivity contribution in [3.05, 3.63) is 46.4 Å². The van der Waals surface area contributed by atoms with E-state index in [1.165, 1.54) is 12.0 Å². The van der Waals surface area contributed by atoms with Crippen molar-refractivity contribution in [3.8, 4) is 0 Å². The average molecular weight is 258 g/mol. The number of hydrogen-bond donors (Lipinski definition) is 2. The molecule has 0 saturated heterocycles. The van der Waals surface area contributed by atoms with E-state index in [0.29, 0.717) is 17.8 Å². The van der Waals surface area contributed by atoms with Crippen LogP contribution in [-0.4, -0.2) is 12.0 Å². The summed E-state index contributed by atoms with van der Waals surface area (Å²) >= 11 is 0. The van der Waals surface area contributed by atoms with Crippen LogP contribution in [0.1, 0.15) is 31.0 Å². The Kier molecular flexibility index (Phi) is 2.90. The summed E-state index contributed by atoms with van der Waals surface area (Å²) in [7, 11) is 2.03. The fourth-order valence-electron chi connectivity index (χ4n) is 4.49. The Labute approximate surface area is 114 Å². The number of hydrogen-bond acceptors (Lipinski definition) is 2. The highest BCUT2D eigenvalue weighted by Gasteiger charge is 2.50. The van der Waals surface area contributed by atoms with Gasteiger partial charge in [-0.1, -0.05) is 13.0 Å². The molecule has 1 heterocycles. The van der Waals surface area contributed by atoms with Gasteiger partial charge in [0.25, 0.3) is 0 Å². The van der Waals surface area contributed by atoms with Crippen LogP contribution < -0.4 is 10.9 Å². The SMILES string of the molecule is C=C[C@@H]1[C@@H]2Cc3[nH]c(=O)ccc3[C@@]1(NC)C[C@H](C)C2. The lowest BCUT2D eigenvalue weighted by molar-refractivity contribution is 0.0702. The predicted octanol–water partition coefficient (Wildman–Crippen LogP) is 2.19. The molecule has 0 amide bonds. The molecule has 0 radical (unpaired) electrons. The largest absolute Gasteiger partial charge is 0.326 e. The van der Waals surface area contributed by atoms with Crippen molar-refractivity contribution >= 4 is 0 Å². The Bertz CT molecular complexity index is 562. The third-order valence-electron chi connectivity index (χ3n) is 5.10. The van der Waals surface area contributed by atoms with Crippen molar-refractivity contribution in [1.82, 2.24) is 10.3 Å². The molecule has 1 aromatic rings. The molecule has 4 atom stereocenters. The molecule has 102 valence electrons. The number of rotatable bonds is 2. The zero-order chi connectivity index (χ0) is 13.6. The van der Waals surface area contributed by atoms with Crippen LogP contribution in [-0.2, 0) is 12.0 Å². The quantitative estimate of drug-likeness (QED) is 0.799. The van der Waals surface area contributed by atoms with E-state index in [9.17, 15) is 4.79 Å². The first-order valence-electron chi connectivity index (χ1n) is 7.15. The molecule has 0 spiro atoms. The number of H-pyrrole nitrogens is 1. The Balaban J connectivity index is 2.22. The number of fused-ring (bicyclic) bond motifs is 4. The second-order valence-corrected chi connectivity index (χ2v) is 6.21. The van der Waals surface area contributed by atoms with E-state index in [0.717, 1.165) is 18.5 Å². The van der Waals surface area contributed by atoms with Crippen LogP contribution in [0.3, 0.4) is 0 Å². The minimum Gasteiger partial charge on any atom is -0.326 e. The van der Waals surface area contributed by atoms with Crippen molar-refractivity contribution in [2.45, 2.75) is 31.7 Å². The summed E-state index contributed by atoms with van der Waals surface area (Å²) < 4.78 is 0. The highest BCUT2D eigenvalue weighted by molar-refractivity contribution is 5.36. The fraction of sp³-hybridized carbons (Fsp3) is 0.562. The van der Waals surface area contributed by atoms with Gasteiger partial charge in [0.15, 0.2) is 0 Å². The van der Waals surface area contributed by atoms with Gasteiger partial charge < -0.3 is 10.3 Å². The highest BCUT2D eigenvalue weighted by Crippen LogP contribution is 2.52. The molecular weight excluding hydrogens is 236 g/mol. The van der Waals surface area contributed by atoms with Crippen LogP contribution in [0.25, 0.3) is 0 Å². The van der Waals surface area contributed by atoms with E-state index in [4.69, 9.17) is 0 Å². The lowest BCUT2D eigenvalue weighted by Gasteiger charge is -2.53. The van der Waals surface area contributed by atoms with Gasteiger partial charge in [-0.15, -0.1) is 6.58 Å². The molecule has 0 unspecified atom stereocenters. The molecule has 2 N–H and O–H groups in total. The van der Waals surface area contributed by atoms with Crippen LogP contribution in [0.2, 0.25) is 0 Å². The number of pyridine rings is 1.